The van der Waals surface area contributed by atoms with E-state index in [0.717, 1.165) is 36.8 Å². The molecule has 1 saturated carbocycles. The number of hydrogen-bond donors (Lipinski definition) is 0. The van der Waals surface area contributed by atoms with Crippen LogP contribution in [0.25, 0.3) is 5.57 Å². The maximum atomic E-state index is 12.3. The van der Waals surface area contributed by atoms with Gasteiger partial charge < -0.3 is 4.74 Å². The molecule has 1 aromatic rings. The summed E-state index contributed by atoms with van der Waals surface area (Å²) in [6, 6.07) is 4.28. The van der Waals surface area contributed by atoms with Crippen LogP contribution in [0.1, 0.15) is 54.4 Å². The number of esters is 1. The van der Waals surface area contributed by atoms with Gasteiger partial charge in [-0.05, 0) is 69.2 Å². The lowest BCUT2D eigenvalue weighted by atomic mass is 9.83. The fourth-order valence-electron chi connectivity index (χ4n) is 3.77. The van der Waals surface area contributed by atoms with Gasteiger partial charge in [0.15, 0.2) is 0 Å². The molecule has 0 aromatic heterocycles. The minimum absolute atomic E-state index is 0.137. The quantitative estimate of drug-likeness (QED) is 0.713. The van der Waals surface area contributed by atoms with Crippen LogP contribution in [0, 0.1) is 20.8 Å². The molecule has 1 aliphatic carbocycles. The van der Waals surface area contributed by atoms with Gasteiger partial charge in [-0.2, -0.15) is 0 Å². The summed E-state index contributed by atoms with van der Waals surface area (Å²) in [5.74, 6) is -0.137. The highest BCUT2D eigenvalue weighted by molar-refractivity contribution is 6.19. The summed E-state index contributed by atoms with van der Waals surface area (Å²) in [4.78, 5) is 12.3. The van der Waals surface area contributed by atoms with Crippen LogP contribution in [0.3, 0.4) is 0 Å². The van der Waals surface area contributed by atoms with Crippen molar-refractivity contribution in [3.05, 3.63) is 40.5 Å². The molecule has 1 fully saturated rings. The van der Waals surface area contributed by atoms with Crippen molar-refractivity contribution in [2.45, 2.75) is 58.5 Å². The van der Waals surface area contributed by atoms with E-state index >= 15 is 0 Å². The van der Waals surface area contributed by atoms with E-state index in [4.69, 9.17) is 4.74 Å². The van der Waals surface area contributed by atoms with Crippen LogP contribution in [-0.2, 0) is 9.53 Å². The third-order valence-electron chi connectivity index (χ3n) is 4.57. The standard InChI is InChI=1S/C18H22O2/c1-12-9-13(2)16(14(3)10-12)15-11-18(20-17(15)19)7-5-4-6-8-18/h9-11H,4-8H2,1-3H3. The van der Waals surface area contributed by atoms with Crippen molar-refractivity contribution in [2.24, 2.45) is 0 Å². The molecule has 0 unspecified atom stereocenters. The molecule has 0 atom stereocenters. The average Bonchev–Trinajstić information content (AvgIpc) is 2.66. The molecule has 0 N–H and O–H groups in total. The first-order valence-electron chi connectivity index (χ1n) is 7.55. The maximum Gasteiger partial charge on any atom is 0.339 e. The normalized spacial score (nSPS) is 20.9. The molecule has 1 spiro atoms. The first kappa shape index (κ1) is 13.4. The molecule has 0 radical (unpaired) electrons. The zero-order valence-electron chi connectivity index (χ0n) is 12.6. The third-order valence-corrected chi connectivity index (χ3v) is 4.57. The zero-order valence-corrected chi connectivity index (χ0v) is 12.6. The Bertz CT molecular complexity index is 566. The summed E-state index contributed by atoms with van der Waals surface area (Å²) in [7, 11) is 0. The van der Waals surface area contributed by atoms with Gasteiger partial charge in [0.05, 0.1) is 5.57 Å². The van der Waals surface area contributed by atoms with Gasteiger partial charge in [-0.15, -0.1) is 0 Å². The SMILES string of the molecule is Cc1cc(C)c(C2=CC3(CCCCC3)OC2=O)c(C)c1. The van der Waals surface area contributed by atoms with Gasteiger partial charge in [0.1, 0.15) is 5.60 Å². The fourth-order valence-corrected chi connectivity index (χ4v) is 3.77. The number of aryl methyl sites for hydroxylation is 3. The van der Waals surface area contributed by atoms with Crippen LogP contribution >= 0.6 is 0 Å². The molecule has 2 nitrogen and oxygen atoms in total. The highest BCUT2D eigenvalue weighted by atomic mass is 16.6. The van der Waals surface area contributed by atoms with E-state index < -0.39 is 0 Å². The summed E-state index contributed by atoms with van der Waals surface area (Å²) < 4.78 is 5.77. The monoisotopic (exact) mass is 270 g/mol. The lowest BCUT2D eigenvalue weighted by molar-refractivity contribution is -0.146. The second kappa shape index (κ2) is 4.76. The van der Waals surface area contributed by atoms with Crippen molar-refractivity contribution >= 4 is 11.5 Å². The van der Waals surface area contributed by atoms with E-state index in [1.165, 1.54) is 23.1 Å². The Hall–Kier alpha value is -1.57. The van der Waals surface area contributed by atoms with Crippen molar-refractivity contribution in [3.8, 4) is 0 Å². The summed E-state index contributed by atoms with van der Waals surface area (Å²) in [5, 5.41) is 0. The van der Waals surface area contributed by atoms with Crippen LogP contribution < -0.4 is 0 Å². The molecule has 106 valence electrons. The highest BCUT2D eigenvalue weighted by Crippen LogP contribution is 2.42. The smallest absolute Gasteiger partial charge is 0.339 e. The summed E-state index contributed by atoms with van der Waals surface area (Å²) in [6.45, 7) is 6.25. The van der Waals surface area contributed by atoms with E-state index in [2.05, 4.69) is 39.0 Å². The van der Waals surface area contributed by atoms with Crippen molar-refractivity contribution in [2.75, 3.05) is 0 Å². The van der Waals surface area contributed by atoms with E-state index in [9.17, 15) is 4.79 Å². The molecule has 1 heterocycles. The maximum absolute atomic E-state index is 12.3. The van der Waals surface area contributed by atoms with Crippen LogP contribution in [0.15, 0.2) is 18.2 Å². The number of rotatable bonds is 1. The zero-order chi connectivity index (χ0) is 14.3. The van der Waals surface area contributed by atoms with Gasteiger partial charge in [0, 0.05) is 0 Å². The van der Waals surface area contributed by atoms with Gasteiger partial charge in [-0.1, -0.05) is 24.1 Å². The molecule has 0 amide bonds. The number of benzene rings is 1. The molecule has 1 aliphatic heterocycles. The molecule has 1 aromatic carbocycles. The van der Waals surface area contributed by atoms with Gasteiger partial charge in [0.25, 0.3) is 0 Å². The Morgan fingerprint density at radius 2 is 1.60 bits per heavy atom. The Labute approximate surface area is 120 Å². The molecule has 0 saturated heterocycles. The molecule has 20 heavy (non-hydrogen) atoms. The van der Waals surface area contributed by atoms with Crippen LogP contribution in [0.2, 0.25) is 0 Å². The van der Waals surface area contributed by atoms with Gasteiger partial charge in [-0.3, -0.25) is 0 Å². The van der Waals surface area contributed by atoms with Crippen LogP contribution in [-0.4, -0.2) is 11.6 Å². The predicted molar refractivity (Wildman–Crippen MR) is 80.5 cm³/mol. The highest BCUT2D eigenvalue weighted by Gasteiger charge is 2.41. The van der Waals surface area contributed by atoms with Crippen molar-refractivity contribution in [3.63, 3.8) is 0 Å². The minimum Gasteiger partial charge on any atom is -0.451 e. The number of ether oxygens (including phenoxy) is 1. The van der Waals surface area contributed by atoms with Crippen molar-refractivity contribution in [1.29, 1.82) is 0 Å². The van der Waals surface area contributed by atoms with Crippen LogP contribution in [0.5, 0.6) is 0 Å². The topological polar surface area (TPSA) is 26.3 Å². The first-order chi connectivity index (χ1) is 9.51. The number of carbonyl (C=O) groups excluding carboxylic acids is 1. The number of carbonyl (C=O) groups is 1. The molecular formula is C18H22O2. The minimum atomic E-state index is -0.311. The van der Waals surface area contributed by atoms with Crippen molar-refractivity contribution < 1.29 is 9.53 Å². The largest absolute Gasteiger partial charge is 0.451 e. The van der Waals surface area contributed by atoms with Crippen LogP contribution in [0.4, 0.5) is 0 Å². The first-order valence-corrected chi connectivity index (χ1v) is 7.55. The molecule has 2 heteroatoms. The average molecular weight is 270 g/mol. The lowest BCUT2D eigenvalue weighted by Crippen LogP contribution is -2.30. The summed E-state index contributed by atoms with van der Waals surface area (Å²) >= 11 is 0. The van der Waals surface area contributed by atoms with Crippen molar-refractivity contribution in [1.82, 2.24) is 0 Å². The van der Waals surface area contributed by atoms with Gasteiger partial charge >= 0.3 is 5.97 Å². The summed E-state index contributed by atoms with van der Waals surface area (Å²) in [5.41, 5.74) is 5.11. The van der Waals surface area contributed by atoms with E-state index in [1.807, 2.05) is 0 Å². The van der Waals surface area contributed by atoms with E-state index in [0.29, 0.717) is 0 Å². The predicted octanol–water partition coefficient (Wildman–Crippen LogP) is 4.25. The Morgan fingerprint density at radius 1 is 1.00 bits per heavy atom. The second-order valence-electron chi connectivity index (χ2n) is 6.35. The van der Waals surface area contributed by atoms with Gasteiger partial charge in [-0.25, -0.2) is 4.79 Å². The van der Waals surface area contributed by atoms with Gasteiger partial charge in [0.2, 0.25) is 0 Å². The second-order valence-corrected chi connectivity index (χ2v) is 6.35. The third kappa shape index (κ3) is 2.17. The lowest BCUT2D eigenvalue weighted by Gasteiger charge is -2.30. The Morgan fingerprint density at radius 3 is 2.20 bits per heavy atom. The number of hydrogen-bond acceptors (Lipinski definition) is 2. The fraction of sp³-hybridized carbons (Fsp3) is 0.500. The molecule has 2 aliphatic rings. The molecule has 0 bridgehead atoms. The Balaban J connectivity index is 2.05. The molecular weight excluding hydrogens is 248 g/mol. The Kier molecular flexibility index (Phi) is 3.19. The van der Waals surface area contributed by atoms with E-state index in [-0.39, 0.29) is 11.6 Å². The summed E-state index contributed by atoms with van der Waals surface area (Å²) in [6.07, 6.45) is 7.63. The molecule has 3 rings (SSSR count). The van der Waals surface area contributed by atoms with E-state index in [1.54, 1.807) is 0 Å².